The molecule has 0 aliphatic heterocycles. The second-order valence-electron chi connectivity index (χ2n) is 3.54. The van der Waals surface area contributed by atoms with Crippen LogP contribution in [0.15, 0.2) is 10.6 Å². The lowest BCUT2D eigenvalue weighted by Gasteiger charge is -2.34. The van der Waals surface area contributed by atoms with E-state index in [1.165, 1.54) is 13.8 Å². The smallest absolute Gasteiger partial charge is 0.303 e. The Kier molecular flexibility index (Phi) is 5.66. The van der Waals surface area contributed by atoms with E-state index < -0.39 is 12.2 Å². The molecular formula is C10H11Br3O4. The van der Waals surface area contributed by atoms with Crippen LogP contribution in [0.3, 0.4) is 0 Å². The van der Waals surface area contributed by atoms with Crippen LogP contribution in [0.2, 0.25) is 0 Å². The van der Waals surface area contributed by atoms with E-state index in [-0.39, 0.29) is 21.6 Å². The first-order valence-electron chi connectivity index (χ1n) is 4.82. The number of hydrogen-bond acceptors (Lipinski definition) is 4. The molecule has 0 saturated heterocycles. The van der Waals surface area contributed by atoms with E-state index in [4.69, 9.17) is 9.47 Å². The highest BCUT2D eigenvalue weighted by molar-refractivity contribution is 9.12. The molecule has 0 aromatic carbocycles. The molecule has 1 aliphatic rings. The molecule has 0 N–H and O–H groups in total. The predicted octanol–water partition coefficient (Wildman–Crippen LogP) is 2.67. The normalized spacial score (nSPS) is 32.6. The number of rotatable bonds is 2. The Morgan fingerprint density at radius 1 is 1.12 bits per heavy atom. The van der Waals surface area contributed by atoms with Crippen molar-refractivity contribution in [3.05, 3.63) is 10.6 Å². The van der Waals surface area contributed by atoms with Crippen molar-refractivity contribution in [1.82, 2.24) is 0 Å². The highest BCUT2D eigenvalue weighted by Crippen LogP contribution is 2.36. The van der Waals surface area contributed by atoms with Gasteiger partial charge in [-0.2, -0.15) is 0 Å². The summed E-state index contributed by atoms with van der Waals surface area (Å²) < 4.78 is 11.0. The minimum atomic E-state index is -0.427. The first-order chi connectivity index (χ1) is 7.82. The summed E-state index contributed by atoms with van der Waals surface area (Å²) in [7, 11) is 0. The van der Waals surface area contributed by atoms with E-state index >= 15 is 0 Å². The van der Waals surface area contributed by atoms with Crippen molar-refractivity contribution in [3.8, 4) is 0 Å². The van der Waals surface area contributed by atoms with Crippen LogP contribution in [-0.2, 0) is 19.1 Å². The van der Waals surface area contributed by atoms with Crippen LogP contribution in [0.5, 0.6) is 0 Å². The zero-order valence-corrected chi connectivity index (χ0v) is 13.9. The van der Waals surface area contributed by atoms with Crippen LogP contribution in [0.1, 0.15) is 13.8 Å². The molecule has 0 amide bonds. The van der Waals surface area contributed by atoms with Gasteiger partial charge in [0, 0.05) is 18.3 Å². The molecule has 17 heavy (non-hydrogen) atoms. The Bertz CT molecular complexity index is 355. The average molecular weight is 435 g/mol. The molecule has 0 heterocycles. The van der Waals surface area contributed by atoms with Gasteiger partial charge in [-0.15, -0.1) is 0 Å². The number of alkyl halides is 2. The molecule has 0 spiro atoms. The summed E-state index contributed by atoms with van der Waals surface area (Å²) in [4.78, 5) is 21.6. The van der Waals surface area contributed by atoms with E-state index in [0.29, 0.717) is 4.48 Å². The van der Waals surface area contributed by atoms with Crippen molar-refractivity contribution in [1.29, 1.82) is 0 Å². The molecule has 0 unspecified atom stereocenters. The maximum absolute atomic E-state index is 11.0. The minimum Gasteiger partial charge on any atom is -0.457 e. The van der Waals surface area contributed by atoms with Crippen molar-refractivity contribution in [2.24, 2.45) is 0 Å². The summed E-state index contributed by atoms with van der Waals surface area (Å²) in [6.45, 7) is 2.70. The van der Waals surface area contributed by atoms with E-state index in [0.717, 1.165) is 0 Å². The Morgan fingerprint density at radius 3 is 2.12 bits per heavy atom. The molecule has 4 atom stereocenters. The summed E-state index contributed by atoms with van der Waals surface area (Å²) in [6.07, 6.45) is 0.883. The summed E-state index contributed by atoms with van der Waals surface area (Å²) in [6, 6.07) is 0. The summed E-state index contributed by atoms with van der Waals surface area (Å²) in [5, 5.41) is 0. The Balaban J connectivity index is 2.87. The second kappa shape index (κ2) is 6.33. The van der Waals surface area contributed by atoms with Gasteiger partial charge in [0.15, 0.2) is 0 Å². The molecule has 1 aliphatic carbocycles. The second-order valence-corrected chi connectivity index (χ2v) is 6.57. The summed E-state index contributed by atoms with van der Waals surface area (Å²) in [5.74, 6) is -0.725. The lowest BCUT2D eigenvalue weighted by Crippen LogP contribution is -2.44. The third kappa shape index (κ3) is 4.06. The van der Waals surface area contributed by atoms with Crippen molar-refractivity contribution < 1.29 is 19.1 Å². The predicted molar refractivity (Wildman–Crippen MR) is 73.5 cm³/mol. The van der Waals surface area contributed by atoms with Gasteiger partial charge in [0.2, 0.25) is 0 Å². The molecule has 7 heteroatoms. The average Bonchev–Trinajstić information content (AvgIpc) is 2.20. The maximum atomic E-state index is 11.0. The van der Waals surface area contributed by atoms with Crippen molar-refractivity contribution in [2.45, 2.75) is 35.7 Å². The maximum Gasteiger partial charge on any atom is 0.303 e. The van der Waals surface area contributed by atoms with Gasteiger partial charge in [-0.3, -0.25) is 9.59 Å². The molecule has 96 valence electrons. The summed E-state index contributed by atoms with van der Waals surface area (Å²) >= 11 is 10.2. The van der Waals surface area contributed by atoms with Crippen LogP contribution < -0.4 is 0 Å². The van der Waals surface area contributed by atoms with Crippen molar-refractivity contribution in [3.63, 3.8) is 0 Å². The highest BCUT2D eigenvalue weighted by atomic mass is 79.9. The first-order valence-corrected chi connectivity index (χ1v) is 7.45. The van der Waals surface area contributed by atoms with Crippen molar-refractivity contribution >= 4 is 59.7 Å². The van der Waals surface area contributed by atoms with E-state index in [9.17, 15) is 9.59 Å². The molecule has 1 rings (SSSR count). The first kappa shape index (κ1) is 15.2. The third-order valence-corrected chi connectivity index (χ3v) is 5.66. The standard InChI is InChI=1S/C10H11Br3O4/c1-4(14)16-7-3-6(11)10(17-5(2)15)9(13)8(7)12/h3,7-10H,1-2H3/t7-,8+,9-,10-/m0/s1. The fraction of sp³-hybridized carbons (Fsp3) is 0.600. The number of esters is 2. The highest BCUT2D eigenvalue weighted by Gasteiger charge is 2.40. The van der Waals surface area contributed by atoms with E-state index in [1.54, 1.807) is 6.08 Å². The van der Waals surface area contributed by atoms with Gasteiger partial charge >= 0.3 is 11.9 Å². The van der Waals surface area contributed by atoms with E-state index in [1.807, 2.05) is 0 Å². The molecule has 0 radical (unpaired) electrons. The number of carbonyl (C=O) groups excluding carboxylic acids is 2. The van der Waals surface area contributed by atoms with Gasteiger partial charge in [0.05, 0.1) is 9.65 Å². The van der Waals surface area contributed by atoms with Crippen LogP contribution in [0.25, 0.3) is 0 Å². The number of ether oxygens (including phenoxy) is 2. The summed E-state index contributed by atoms with van der Waals surface area (Å²) in [5.41, 5.74) is 0. The molecule has 0 bridgehead atoms. The lowest BCUT2D eigenvalue weighted by atomic mass is 10.0. The monoisotopic (exact) mass is 432 g/mol. The van der Waals surface area contributed by atoms with Gasteiger partial charge < -0.3 is 9.47 Å². The third-order valence-electron chi connectivity index (χ3n) is 2.10. The Morgan fingerprint density at radius 2 is 1.65 bits per heavy atom. The van der Waals surface area contributed by atoms with Gasteiger partial charge in [0.25, 0.3) is 0 Å². The van der Waals surface area contributed by atoms with Crippen LogP contribution in [0.4, 0.5) is 0 Å². The fourth-order valence-electron chi connectivity index (χ4n) is 1.43. The Labute approximate surface area is 124 Å². The minimum absolute atomic E-state index is 0.169. The van der Waals surface area contributed by atoms with Crippen LogP contribution in [0, 0.1) is 0 Å². The molecule has 0 aromatic rings. The molecule has 0 aromatic heterocycles. The number of halogens is 3. The van der Waals surface area contributed by atoms with Crippen molar-refractivity contribution in [2.75, 3.05) is 0 Å². The quantitative estimate of drug-likeness (QED) is 0.495. The van der Waals surface area contributed by atoms with Gasteiger partial charge in [-0.25, -0.2) is 0 Å². The van der Waals surface area contributed by atoms with Gasteiger partial charge in [0.1, 0.15) is 12.2 Å². The SMILES string of the molecule is CC(=O)O[C@H]1C=C(Br)[C@H](OC(C)=O)[C@@H](Br)[C@@H]1Br. The number of carbonyl (C=O) groups is 2. The molecule has 4 nitrogen and oxygen atoms in total. The topological polar surface area (TPSA) is 52.6 Å². The number of hydrogen-bond donors (Lipinski definition) is 0. The molecule has 0 fully saturated rings. The van der Waals surface area contributed by atoms with Gasteiger partial charge in [-0.1, -0.05) is 47.8 Å². The van der Waals surface area contributed by atoms with Crippen LogP contribution in [-0.4, -0.2) is 33.8 Å². The lowest BCUT2D eigenvalue weighted by molar-refractivity contribution is -0.148. The Hall–Kier alpha value is 0.120. The zero-order valence-electron chi connectivity index (χ0n) is 9.15. The van der Waals surface area contributed by atoms with Gasteiger partial charge in [-0.05, 0) is 6.08 Å². The molecular weight excluding hydrogens is 424 g/mol. The zero-order chi connectivity index (χ0) is 13.2. The van der Waals surface area contributed by atoms with Crippen LogP contribution >= 0.6 is 47.8 Å². The largest absolute Gasteiger partial charge is 0.457 e. The molecule has 0 saturated carbocycles. The fourth-order valence-corrected chi connectivity index (χ4v) is 3.66. The van der Waals surface area contributed by atoms with E-state index in [2.05, 4.69) is 47.8 Å².